The lowest BCUT2D eigenvalue weighted by Gasteiger charge is -2.01. The molecule has 0 bridgehead atoms. The van der Waals surface area contributed by atoms with Crippen LogP contribution in [0.25, 0.3) is 5.69 Å². The van der Waals surface area contributed by atoms with Gasteiger partial charge in [0, 0.05) is 11.8 Å². The van der Waals surface area contributed by atoms with E-state index in [1.165, 1.54) is 5.56 Å². The summed E-state index contributed by atoms with van der Waals surface area (Å²) < 4.78 is 7.10. The Bertz CT molecular complexity index is 467. The van der Waals surface area contributed by atoms with Gasteiger partial charge in [0.2, 0.25) is 5.88 Å². The first-order valence-electron chi connectivity index (χ1n) is 5.44. The molecular formula is C13H16N2O. The van der Waals surface area contributed by atoms with Crippen LogP contribution in [-0.2, 0) is 6.42 Å². The summed E-state index contributed by atoms with van der Waals surface area (Å²) in [6.07, 6.45) is 2.95. The van der Waals surface area contributed by atoms with Crippen molar-refractivity contribution < 1.29 is 4.74 Å². The van der Waals surface area contributed by atoms with Crippen molar-refractivity contribution >= 4 is 0 Å². The second-order valence-corrected chi connectivity index (χ2v) is 3.80. The zero-order valence-corrected chi connectivity index (χ0v) is 9.90. The Kier molecular flexibility index (Phi) is 2.95. The molecule has 0 unspecified atom stereocenters. The molecule has 1 heterocycles. The fourth-order valence-electron chi connectivity index (χ4n) is 1.71. The zero-order valence-electron chi connectivity index (χ0n) is 9.90. The molecule has 0 aliphatic rings. The van der Waals surface area contributed by atoms with E-state index in [0.717, 1.165) is 17.7 Å². The number of hydrogen-bond acceptors (Lipinski definition) is 2. The van der Waals surface area contributed by atoms with Gasteiger partial charge in [-0.15, -0.1) is 5.10 Å². The van der Waals surface area contributed by atoms with Crippen molar-refractivity contribution in [2.45, 2.75) is 20.3 Å². The smallest absolute Gasteiger partial charge is 0.236 e. The molecule has 16 heavy (non-hydrogen) atoms. The average molecular weight is 216 g/mol. The van der Waals surface area contributed by atoms with Crippen molar-refractivity contribution in [3.05, 3.63) is 41.6 Å². The molecule has 84 valence electrons. The summed E-state index contributed by atoms with van der Waals surface area (Å²) in [5.74, 6) is 0.712. The van der Waals surface area contributed by atoms with Crippen LogP contribution in [-0.4, -0.2) is 16.9 Å². The quantitative estimate of drug-likeness (QED) is 0.788. The van der Waals surface area contributed by atoms with Gasteiger partial charge in [-0.3, -0.25) is 0 Å². The number of nitrogens with zero attached hydrogens (tertiary/aromatic N) is 2. The number of rotatable bonds is 3. The molecule has 0 spiro atoms. The van der Waals surface area contributed by atoms with Gasteiger partial charge in [0.1, 0.15) is 0 Å². The predicted molar refractivity (Wildman–Crippen MR) is 64.2 cm³/mol. The van der Waals surface area contributed by atoms with E-state index >= 15 is 0 Å². The van der Waals surface area contributed by atoms with E-state index in [1.807, 2.05) is 23.0 Å². The number of aryl methyl sites for hydroxylation is 2. The van der Waals surface area contributed by atoms with Crippen molar-refractivity contribution in [1.29, 1.82) is 0 Å². The number of hydrogen-bond donors (Lipinski definition) is 0. The molecule has 0 aliphatic heterocycles. The van der Waals surface area contributed by atoms with E-state index in [-0.39, 0.29) is 0 Å². The van der Waals surface area contributed by atoms with Crippen molar-refractivity contribution in [3.8, 4) is 11.6 Å². The fraction of sp³-hybridized carbons (Fsp3) is 0.308. The molecule has 0 fully saturated rings. The maximum atomic E-state index is 5.24. The molecule has 2 aromatic rings. The van der Waals surface area contributed by atoms with E-state index in [2.05, 4.69) is 31.1 Å². The summed E-state index contributed by atoms with van der Waals surface area (Å²) in [6.45, 7) is 4.17. The largest absolute Gasteiger partial charge is 0.480 e. The second-order valence-electron chi connectivity index (χ2n) is 3.80. The van der Waals surface area contributed by atoms with Gasteiger partial charge in [-0.2, -0.15) is 0 Å². The van der Waals surface area contributed by atoms with Gasteiger partial charge in [0.05, 0.1) is 12.8 Å². The Hall–Kier alpha value is -1.77. The summed E-state index contributed by atoms with van der Waals surface area (Å²) in [7, 11) is 1.65. The molecule has 2 rings (SSSR count). The standard InChI is InChI=1S/C13H16N2O/c1-4-11-9-15(14-13(11)16-3)12-7-5-6-10(2)8-12/h5-9H,4H2,1-3H3. The molecule has 0 aliphatic carbocycles. The van der Waals surface area contributed by atoms with Crippen molar-refractivity contribution in [1.82, 2.24) is 9.78 Å². The molecule has 0 saturated carbocycles. The van der Waals surface area contributed by atoms with Gasteiger partial charge in [-0.1, -0.05) is 19.1 Å². The van der Waals surface area contributed by atoms with E-state index in [9.17, 15) is 0 Å². The molecule has 0 saturated heterocycles. The van der Waals surface area contributed by atoms with Crippen LogP contribution in [0.15, 0.2) is 30.5 Å². The summed E-state index contributed by atoms with van der Waals surface area (Å²) in [5, 5.41) is 4.41. The van der Waals surface area contributed by atoms with Gasteiger partial charge < -0.3 is 4.74 Å². The molecule has 0 radical (unpaired) electrons. The summed E-state index contributed by atoms with van der Waals surface area (Å²) in [6, 6.07) is 8.25. The molecule has 0 N–H and O–H groups in total. The topological polar surface area (TPSA) is 27.1 Å². The molecule has 1 aromatic heterocycles. The van der Waals surface area contributed by atoms with Gasteiger partial charge in [-0.05, 0) is 31.0 Å². The second kappa shape index (κ2) is 4.39. The fourth-order valence-corrected chi connectivity index (χ4v) is 1.71. The van der Waals surface area contributed by atoms with Gasteiger partial charge >= 0.3 is 0 Å². The summed E-state index contributed by atoms with van der Waals surface area (Å²) >= 11 is 0. The van der Waals surface area contributed by atoms with Crippen molar-refractivity contribution in [2.24, 2.45) is 0 Å². The zero-order chi connectivity index (χ0) is 11.5. The minimum atomic E-state index is 0.712. The molecular weight excluding hydrogens is 200 g/mol. The average Bonchev–Trinajstić information content (AvgIpc) is 2.72. The Morgan fingerprint density at radius 1 is 1.38 bits per heavy atom. The maximum Gasteiger partial charge on any atom is 0.236 e. The van der Waals surface area contributed by atoms with Crippen LogP contribution >= 0.6 is 0 Å². The van der Waals surface area contributed by atoms with E-state index in [0.29, 0.717) is 5.88 Å². The third kappa shape index (κ3) is 1.94. The Balaban J connectivity index is 2.44. The minimum Gasteiger partial charge on any atom is -0.480 e. The van der Waals surface area contributed by atoms with Crippen LogP contribution in [0.5, 0.6) is 5.88 Å². The SMILES string of the molecule is CCc1cn(-c2cccc(C)c2)nc1OC. The number of aromatic nitrogens is 2. The number of benzene rings is 1. The van der Waals surface area contributed by atoms with Crippen LogP contribution in [0, 0.1) is 6.92 Å². The third-order valence-corrected chi connectivity index (χ3v) is 2.59. The van der Waals surface area contributed by atoms with Crippen molar-refractivity contribution in [2.75, 3.05) is 7.11 Å². The highest BCUT2D eigenvalue weighted by Crippen LogP contribution is 2.19. The Morgan fingerprint density at radius 2 is 2.19 bits per heavy atom. The van der Waals surface area contributed by atoms with Crippen LogP contribution in [0.1, 0.15) is 18.1 Å². The lowest BCUT2D eigenvalue weighted by atomic mass is 10.2. The highest BCUT2D eigenvalue weighted by molar-refractivity contribution is 5.37. The lowest BCUT2D eigenvalue weighted by molar-refractivity contribution is 0.390. The molecule has 3 nitrogen and oxygen atoms in total. The normalized spacial score (nSPS) is 10.4. The van der Waals surface area contributed by atoms with Gasteiger partial charge in [0.25, 0.3) is 0 Å². The molecule has 0 amide bonds. The van der Waals surface area contributed by atoms with Gasteiger partial charge in [-0.25, -0.2) is 4.68 Å². The maximum absolute atomic E-state index is 5.24. The van der Waals surface area contributed by atoms with Crippen LogP contribution in [0.4, 0.5) is 0 Å². The van der Waals surface area contributed by atoms with Gasteiger partial charge in [0.15, 0.2) is 0 Å². The summed E-state index contributed by atoms with van der Waals surface area (Å²) in [4.78, 5) is 0. The molecule has 1 aromatic carbocycles. The first kappa shape index (κ1) is 10.7. The van der Waals surface area contributed by atoms with E-state index in [4.69, 9.17) is 4.74 Å². The van der Waals surface area contributed by atoms with Crippen LogP contribution < -0.4 is 4.74 Å². The Labute approximate surface area is 95.7 Å². The van der Waals surface area contributed by atoms with Crippen LogP contribution in [0.3, 0.4) is 0 Å². The molecule has 0 atom stereocenters. The predicted octanol–water partition coefficient (Wildman–Crippen LogP) is 2.75. The monoisotopic (exact) mass is 216 g/mol. The first-order valence-corrected chi connectivity index (χ1v) is 5.44. The molecule has 3 heteroatoms. The van der Waals surface area contributed by atoms with Crippen molar-refractivity contribution in [3.63, 3.8) is 0 Å². The van der Waals surface area contributed by atoms with E-state index in [1.54, 1.807) is 7.11 Å². The first-order chi connectivity index (χ1) is 7.74. The number of methoxy groups -OCH3 is 1. The highest BCUT2D eigenvalue weighted by atomic mass is 16.5. The lowest BCUT2D eigenvalue weighted by Crippen LogP contribution is -1.95. The van der Waals surface area contributed by atoms with E-state index < -0.39 is 0 Å². The Morgan fingerprint density at radius 3 is 2.75 bits per heavy atom. The van der Waals surface area contributed by atoms with Crippen LogP contribution in [0.2, 0.25) is 0 Å². The summed E-state index contributed by atoms with van der Waals surface area (Å²) in [5.41, 5.74) is 3.42. The highest BCUT2D eigenvalue weighted by Gasteiger charge is 2.08. The number of ether oxygens (including phenoxy) is 1. The minimum absolute atomic E-state index is 0.712. The third-order valence-electron chi connectivity index (χ3n) is 2.59.